The molecule has 1 saturated heterocycles. The van der Waals surface area contributed by atoms with Crippen molar-refractivity contribution in [3.05, 3.63) is 34.8 Å². The predicted molar refractivity (Wildman–Crippen MR) is 68.8 cm³/mol. The van der Waals surface area contributed by atoms with Crippen LogP contribution >= 0.6 is 12.4 Å². The molecule has 2 heterocycles. The zero-order chi connectivity index (χ0) is 15.8. The first-order chi connectivity index (χ1) is 9.63. The van der Waals surface area contributed by atoms with Gasteiger partial charge in [-0.15, -0.1) is 12.4 Å². The number of piperidine rings is 1. The zero-order valence-corrected chi connectivity index (χ0v) is 11.9. The van der Waals surface area contributed by atoms with E-state index in [2.05, 4.69) is 5.32 Å². The van der Waals surface area contributed by atoms with Crippen LogP contribution in [-0.4, -0.2) is 30.3 Å². The molecule has 1 aromatic heterocycles. The molecule has 2 rings (SSSR count). The summed E-state index contributed by atoms with van der Waals surface area (Å²) < 4.78 is 64.9. The Labute approximate surface area is 128 Å². The number of aliphatic hydroxyl groups is 1. The first-order valence-corrected chi connectivity index (χ1v) is 6.19. The van der Waals surface area contributed by atoms with Gasteiger partial charge >= 0.3 is 6.18 Å². The van der Waals surface area contributed by atoms with Gasteiger partial charge in [-0.05, 0) is 5.56 Å². The highest BCUT2D eigenvalue weighted by atomic mass is 35.5. The highest BCUT2D eigenvalue weighted by Crippen LogP contribution is 2.39. The van der Waals surface area contributed by atoms with Gasteiger partial charge in [0.25, 0.3) is 5.92 Å². The molecule has 2 unspecified atom stereocenters. The van der Waals surface area contributed by atoms with Crippen LogP contribution in [0, 0.1) is 5.21 Å². The Morgan fingerprint density at radius 3 is 2.59 bits per heavy atom. The molecule has 10 heteroatoms. The van der Waals surface area contributed by atoms with Crippen LogP contribution < -0.4 is 10.0 Å². The number of aliphatic hydroxyl groups excluding tert-OH is 1. The largest absolute Gasteiger partial charge is 0.618 e. The topological polar surface area (TPSA) is 59.2 Å². The summed E-state index contributed by atoms with van der Waals surface area (Å²) in [6, 6.07) is 1.74. The van der Waals surface area contributed by atoms with E-state index in [-0.39, 0.29) is 35.8 Å². The molecule has 22 heavy (non-hydrogen) atoms. The van der Waals surface area contributed by atoms with Crippen molar-refractivity contribution in [2.75, 3.05) is 13.1 Å². The Balaban J connectivity index is 0.00000242. The fraction of sp³-hybridized carbons (Fsp3) is 0.583. The minimum absolute atomic E-state index is 0. The van der Waals surface area contributed by atoms with Crippen LogP contribution in [0.4, 0.5) is 22.0 Å². The van der Waals surface area contributed by atoms with Crippen LogP contribution in [0.1, 0.15) is 29.7 Å². The minimum atomic E-state index is -5.04. The minimum Gasteiger partial charge on any atom is -0.618 e. The molecular weight excluding hydrogens is 335 g/mol. The summed E-state index contributed by atoms with van der Waals surface area (Å²) in [5, 5.41) is 23.2. The maximum atomic E-state index is 13.8. The van der Waals surface area contributed by atoms with Crippen molar-refractivity contribution in [1.82, 2.24) is 5.32 Å². The number of alkyl halides is 5. The van der Waals surface area contributed by atoms with Crippen molar-refractivity contribution in [1.29, 1.82) is 0 Å². The molecule has 1 aromatic rings. The normalized spacial score (nSPS) is 22.7. The van der Waals surface area contributed by atoms with E-state index in [4.69, 9.17) is 5.11 Å². The lowest BCUT2D eigenvalue weighted by atomic mass is 9.88. The average molecular weight is 349 g/mol. The Morgan fingerprint density at radius 1 is 1.41 bits per heavy atom. The van der Waals surface area contributed by atoms with Crippen LogP contribution in [0.2, 0.25) is 0 Å². The maximum Gasteiger partial charge on any atom is 0.424 e. The lowest BCUT2D eigenvalue weighted by Gasteiger charge is -2.32. The van der Waals surface area contributed by atoms with Crippen molar-refractivity contribution in [2.45, 2.75) is 30.5 Å². The van der Waals surface area contributed by atoms with Gasteiger partial charge < -0.3 is 15.6 Å². The molecule has 2 atom stereocenters. The number of nitrogens with one attached hydrogen (secondary N) is 1. The van der Waals surface area contributed by atoms with Crippen LogP contribution in [0.15, 0.2) is 18.3 Å². The van der Waals surface area contributed by atoms with Crippen LogP contribution in [0.25, 0.3) is 0 Å². The third-order valence-corrected chi connectivity index (χ3v) is 3.46. The molecular formula is C12H14ClF5N2O2. The molecule has 126 valence electrons. The van der Waals surface area contributed by atoms with E-state index in [0.717, 1.165) is 6.07 Å². The van der Waals surface area contributed by atoms with E-state index in [1.165, 1.54) is 0 Å². The molecule has 2 N–H and O–H groups in total. The van der Waals surface area contributed by atoms with Crippen molar-refractivity contribution >= 4 is 12.4 Å². The molecule has 1 fully saturated rings. The number of nitrogens with zero attached hydrogens (tertiary/aromatic N) is 1. The first kappa shape index (κ1) is 18.9. The van der Waals surface area contributed by atoms with Gasteiger partial charge in [-0.2, -0.15) is 17.9 Å². The van der Waals surface area contributed by atoms with Gasteiger partial charge in [-0.1, -0.05) is 0 Å². The summed E-state index contributed by atoms with van der Waals surface area (Å²) in [6.07, 6.45) is -7.80. The third-order valence-electron chi connectivity index (χ3n) is 3.46. The van der Waals surface area contributed by atoms with E-state index < -0.39 is 36.2 Å². The molecule has 0 saturated carbocycles. The first-order valence-electron chi connectivity index (χ1n) is 6.19. The van der Waals surface area contributed by atoms with E-state index in [1.807, 2.05) is 0 Å². The molecule has 4 nitrogen and oxygen atoms in total. The van der Waals surface area contributed by atoms with Gasteiger partial charge in [0.15, 0.2) is 6.20 Å². The molecule has 1 aliphatic heterocycles. The van der Waals surface area contributed by atoms with Crippen LogP contribution in [0.5, 0.6) is 0 Å². The number of pyridine rings is 1. The molecule has 0 spiro atoms. The van der Waals surface area contributed by atoms with Crippen molar-refractivity contribution < 1.29 is 31.8 Å². The zero-order valence-electron chi connectivity index (χ0n) is 11.1. The van der Waals surface area contributed by atoms with Gasteiger partial charge in [-0.25, -0.2) is 8.78 Å². The molecule has 0 aromatic carbocycles. The van der Waals surface area contributed by atoms with E-state index in [9.17, 15) is 27.2 Å². The average Bonchev–Trinajstić information content (AvgIpc) is 2.37. The SMILES string of the molecule is Cl.[O-][n+]1ccc(C2CNCCC2(F)F)cc1C(O)C(F)(F)F. The number of hydrogen-bond acceptors (Lipinski definition) is 3. The molecule has 0 amide bonds. The maximum absolute atomic E-state index is 13.8. The van der Waals surface area contributed by atoms with Crippen LogP contribution in [0.3, 0.4) is 0 Å². The van der Waals surface area contributed by atoms with E-state index in [0.29, 0.717) is 12.3 Å². The summed E-state index contributed by atoms with van der Waals surface area (Å²) in [6.45, 7) is -0.00660. The second kappa shape index (κ2) is 6.51. The van der Waals surface area contributed by atoms with Gasteiger partial charge in [0.05, 0.1) is 5.92 Å². The second-order valence-corrected chi connectivity index (χ2v) is 4.92. The smallest absolute Gasteiger partial charge is 0.424 e. The fourth-order valence-corrected chi connectivity index (χ4v) is 2.29. The van der Waals surface area contributed by atoms with Crippen LogP contribution in [-0.2, 0) is 0 Å². The molecule has 0 bridgehead atoms. The third kappa shape index (κ3) is 3.76. The summed E-state index contributed by atoms with van der Waals surface area (Å²) in [5.41, 5.74) is -1.13. The summed E-state index contributed by atoms with van der Waals surface area (Å²) in [7, 11) is 0. The second-order valence-electron chi connectivity index (χ2n) is 4.92. The van der Waals surface area contributed by atoms with Gasteiger partial charge in [-0.3, -0.25) is 0 Å². The summed E-state index contributed by atoms with van der Waals surface area (Å²) in [4.78, 5) is 0. The molecule has 0 radical (unpaired) electrons. The quantitative estimate of drug-likeness (QED) is 0.488. The van der Waals surface area contributed by atoms with Gasteiger partial charge in [0, 0.05) is 31.6 Å². The highest BCUT2D eigenvalue weighted by molar-refractivity contribution is 5.85. The number of halogens is 6. The number of hydrogen-bond donors (Lipinski definition) is 2. The van der Waals surface area contributed by atoms with Gasteiger partial charge in [0.2, 0.25) is 11.8 Å². The standard InChI is InChI=1S/C12H13F5N2O2.ClH/c13-11(14)2-3-18-6-8(11)7-1-4-19(21)9(5-7)10(20)12(15,16)17;/h1,4-5,8,10,18,20H,2-3,6H2;1H. The van der Waals surface area contributed by atoms with Crippen molar-refractivity contribution in [3.8, 4) is 0 Å². The highest BCUT2D eigenvalue weighted by Gasteiger charge is 2.46. The number of aromatic nitrogens is 1. The summed E-state index contributed by atoms with van der Waals surface area (Å²) >= 11 is 0. The Bertz CT molecular complexity index is 527. The molecule has 0 aliphatic carbocycles. The Morgan fingerprint density at radius 2 is 2.05 bits per heavy atom. The van der Waals surface area contributed by atoms with E-state index >= 15 is 0 Å². The lowest BCUT2D eigenvalue weighted by Crippen LogP contribution is -2.44. The van der Waals surface area contributed by atoms with E-state index in [1.54, 1.807) is 0 Å². The molecule has 1 aliphatic rings. The van der Waals surface area contributed by atoms with Crippen molar-refractivity contribution in [2.24, 2.45) is 0 Å². The monoisotopic (exact) mass is 348 g/mol. The van der Waals surface area contributed by atoms with Gasteiger partial charge in [0.1, 0.15) is 0 Å². The fourth-order valence-electron chi connectivity index (χ4n) is 2.29. The Kier molecular flexibility index (Phi) is 5.58. The summed E-state index contributed by atoms with van der Waals surface area (Å²) in [5.74, 6) is -4.42. The van der Waals surface area contributed by atoms with Crippen molar-refractivity contribution in [3.63, 3.8) is 0 Å². The Hall–Kier alpha value is -1.19. The number of rotatable bonds is 2. The lowest BCUT2D eigenvalue weighted by molar-refractivity contribution is -0.621. The predicted octanol–water partition coefficient (Wildman–Crippen LogP) is 2.05.